The van der Waals surface area contributed by atoms with Gasteiger partial charge in [0.15, 0.2) is 0 Å². The quantitative estimate of drug-likeness (QED) is 0.443. The van der Waals surface area contributed by atoms with E-state index in [2.05, 4.69) is 29.1 Å². The predicted molar refractivity (Wildman–Crippen MR) is 118 cm³/mol. The van der Waals surface area contributed by atoms with Crippen LogP contribution in [-0.4, -0.2) is 22.1 Å². The highest BCUT2D eigenvalue weighted by atomic mass is 19.1. The topological polar surface area (TPSA) is 59.9 Å². The summed E-state index contributed by atoms with van der Waals surface area (Å²) in [4.78, 5) is 13.4. The first-order valence-corrected chi connectivity index (χ1v) is 9.79. The number of benzene rings is 1. The van der Waals surface area contributed by atoms with Crippen molar-refractivity contribution < 1.29 is 9.13 Å². The minimum absolute atomic E-state index is 0.164. The molecule has 0 atom stereocenters. The zero-order valence-corrected chi connectivity index (χ0v) is 17.4. The molecule has 4 rings (SSSR count). The van der Waals surface area contributed by atoms with Crippen LogP contribution >= 0.6 is 0 Å². The molecule has 0 aliphatic carbocycles. The molecule has 152 valence electrons. The molecular weight excluding hydrogens is 379 g/mol. The summed E-state index contributed by atoms with van der Waals surface area (Å²) in [6.45, 7) is 5.91. The Morgan fingerprint density at radius 1 is 1.03 bits per heavy atom. The Hall–Kier alpha value is -3.54. The smallest absolute Gasteiger partial charge is 0.221 e. The summed E-state index contributed by atoms with van der Waals surface area (Å²) in [6, 6.07) is 10.8. The van der Waals surface area contributed by atoms with Gasteiger partial charge >= 0.3 is 0 Å². The van der Waals surface area contributed by atoms with E-state index in [1.807, 2.05) is 18.2 Å². The number of hydrogen-bond acceptors (Lipinski definition) is 5. The van der Waals surface area contributed by atoms with Gasteiger partial charge in [-0.25, -0.2) is 9.37 Å². The Morgan fingerprint density at radius 3 is 2.60 bits per heavy atom. The third kappa shape index (κ3) is 3.68. The monoisotopic (exact) mass is 402 g/mol. The lowest BCUT2D eigenvalue weighted by Crippen LogP contribution is -2.05. The van der Waals surface area contributed by atoms with Gasteiger partial charge in [0.2, 0.25) is 5.88 Å². The van der Waals surface area contributed by atoms with Gasteiger partial charge in [-0.3, -0.25) is 9.97 Å². The number of aryl methyl sites for hydroxylation is 1. The third-order valence-corrected chi connectivity index (χ3v) is 5.04. The summed E-state index contributed by atoms with van der Waals surface area (Å²) in [5.41, 5.74) is 5.70. The van der Waals surface area contributed by atoms with Gasteiger partial charge in [-0.15, -0.1) is 0 Å². The van der Waals surface area contributed by atoms with E-state index in [1.54, 1.807) is 44.8 Å². The van der Waals surface area contributed by atoms with E-state index < -0.39 is 0 Å². The minimum atomic E-state index is -0.237. The molecule has 1 aromatic carbocycles. The number of fused-ring (bicyclic) bond motifs is 1. The average molecular weight is 402 g/mol. The molecule has 30 heavy (non-hydrogen) atoms. The van der Waals surface area contributed by atoms with E-state index in [-0.39, 0.29) is 11.7 Å². The van der Waals surface area contributed by atoms with E-state index in [4.69, 9.17) is 9.72 Å². The lowest BCUT2D eigenvalue weighted by molar-refractivity contribution is 0.397. The number of hydrogen-bond donors (Lipinski definition) is 1. The van der Waals surface area contributed by atoms with Crippen LogP contribution in [0.2, 0.25) is 0 Å². The molecule has 4 aromatic rings. The Morgan fingerprint density at radius 2 is 1.87 bits per heavy atom. The third-order valence-electron chi connectivity index (χ3n) is 5.04. The van der Waals surface area contributed by atoms with E-state index in [9.17, 15) is 4.39 Å². The molecule has 0 radical (unpaired) electrons. The van der Waals surface area contributed by atoms with Crippen molar-refractivity contribution in [3.05, 3.63) is 72.1 Å². The lowest BCUT2D eigenvalue weighted by Gasteiger charge is -2.19. The van der Waals surface area contributed by atoms with Gasteiger partial charge in [0.1, 0.15) is 5.82 Å². The molecule has 1 N–H and O–H groups in total. The first-order chi connectivity index (χ1) is 14.5. The molecule has 0 saturated heterocycles. The summed E-state index contributed by atoms with van der Waals surface area (Å²) in [7, 11) is 1.60. The number of halogens is 1. The molecule has 0 aliphatic rings. The molecule has 0 unspecified atom stereocenters. The highest BCUT2D eigenvalue weighted by Gasteiger charge is 2.18. The molecule has 6 heteroatoms. The summed E-state index contributed by atoms with van der Waals surface area (Å²) in [5.74, 6) is 0.437. The number of rotatable bonds is 5. The van der Waals surface area contributed by atoms with Crippen molar-refractivity contribution in [2.45, 2.75) is 26.7 Å². The number of pyridine rings is 3. The van der Waals surface area contributed by atoms with E-state index >= 15 is 0 Å². The van der Waals surface area contributed by atoms with Crippen LogP contribution in [0, 0.1) is 12.7 Å². The predicted octanol–water partition coefficient (Wildman–Crippen LogP) is 6.01. The van der Waals surface area contributed by atoms with Crippen molar-refractivity contribution in [3.8, 4) is 17.0 Å². The highest BCUT2D eigenvalue weighted by molar-refractivity contribution is 5.92. The molecule has 5 nitrogen and oxygen atoms in total. The van der Waals surface area contributed by atoms with Gasteiger partial charge in [-0.05, 0) is 54.3 Å². The summed E-state index contributed by atoms with van der Waals surface area (Å²) in [5, 5.41) is 4.43. The van der Waals surface area contributed by atoms with Gasteiger partial charge in [0.05, 0.1) is 29.7 Å². The van der Waals surface area contributed by atoms with Crippen LogP contribution in [0.3, 0.4) is 0 Å². The van der Waals surface area contributed by atoms with E-state index in [1.165, 1.54) is 6.07 Å². The van der Waals surface area contributed by atoms with Gasteiger partial charge in [-0.1, -0.05) is 19.9 Å². The van der Waals surface area contributed by atoms with Crippen LogP contribution in [0.25, 0.3) is 22.0 Å². The maximum absolute atomic E-state index is 13.8. The van der Waals surface area contributed by atoms with Crippen LogP contribution in [0.1, 0.15) is 31.0 Å². The molecule has 3 heterocycles. The van der Waals surface area contributed by atoms with Crippen LogP contribution in [0.5, 0.6) is 5.88 Å². The fourth-order valence-electron chi connectivity index (χ4n) is 3.47. The van der Waals surface area contributed by atoms with Gasteiger partial charge < -0.3 is 10.1 Å². The first kappa shape index (κ1) is 19.8. The minimum Gasteiger partial charge on any atom is -0.481 e. The van der Waals surface area contributed by atoms with Crippen LogP contribution in [0.4, 0.5) is 15.8 Å². The first-order valence-electron chi connectivity index (χ1n) is 9.79. The largest absolute Gasteiger partial charge is 0.481 e. The molecule has 0 bridgehead atoms. The molecule has 0 amide bonds. The van der Waals surface area contributed by atoms with Crippen molar-refractivity contribution in [3.63, 3.8) is 0 Å². The zero-order chi connectivity index (χ0) is 21.3. The molecule has 0 saturated carbocycles. The van der Waals surface area contributed by atoms with E-state index in [0.717, 1.165) is 39.1 Å². The van der Waals surface area contributed by atoms with Crippen molar-refractivity contribution in [2.24, 2.45) is 0 Å². The number of nitrogens with zero attached hydrogens (tertiary/aromatic N) is 3. The van der Waals surface area contributed by atoms with Gasteiger partial charge in [0.25, 0.3) is 0 Å². The summed E-state index contributed by atoms with van der Waals surface area (Å²) >= 11 is 0. The van der Waals surface area contributed by atoms with Crippen LogP contribution in [-0.2, 0) is 0 Å². The van der Waals surface area contributed by atoms with E-state index in [0.29, 0.717) is 11.4 Å². The number of anilines is 2. The molecule has 0 aliphatic heterocycles. The second kappa shape index (κ2) is 8.06. The fourth-order valence-corrected chi connectivity index (χ4v) is 3.47. The van der Waals surface area contributed by atoms with Crippen molar-refractivity contribution in [2.75, 3.05) is 12.4 Å². The van der Waals surface area contributed by atoms with Gasteiger partial charge in [-0.2, -0.15) is 0 Å². The number of aromatic nitrogens is 3. The van der Waals surface area contributed by atoms with Crippen molar-refractivity contribution in [1.82, 2.24) is 15.0 Å². The zero-order valence-electron chi connectivity index (χ0n) is 17.4. The molecule has 3 aromatic heterocycles. The summed E-state index contributed by atoms with van der Waals surface area (Å²) in [6.07, 6.45) is 5.28. The Balaban J connectivity index is 1.88. The number of ether oxygens (including phenoxy) is 1. The van der Waals surface area contributed by atoms with Crippen LogP contribution < -0.4 is 10.1 Å². The lowest BCUT2D eigenvalue weighted by atomic mass is 10.0. The molecule has 0 fully saturated rings. The average Bonchev–Trinajstić information content (AvgIpc) is 2.75. The standard InChI is InChI=1S/C24H23FN4O/c1-14(2)23-22(28-21-8-10-27-20-7-9-26-13-18(20)21)12-17(24(29-23)30-4)16-5-6-19(25)15(3)11-16/h5-14H,1-4H3,(H,27,28). The molecule has 0 spiro atoms. The fraction of sp³-hybridized carbons (Fsp3) is 0.208. The Labute approximate surface area is 175 Å². The van der Waals surface area contributed by atoms with Crippen LogP contribution in [0.15, 0.2) is 55.0 Å². The SMILES string of the molecule is COc1nc(C(C)C)c(Nc2ccnc3ccncc23)cc1-c1ccc(F)c(C)c1. The van der Waals surface area contributed by atoms with Gasteiger partial charge in [0, 0.05) is 29.5 Å². The van der Waals surface area contributed by atoms with Crippen molar-refractivity contribution in [1.29, 1.82) is 0 Å². The second-order valence-electron chi connectivity index (χ2n) is 7.47. The van der Waals surface area contributed by atoms with Crippen molar-refractivity contribution >= 4 is 22.3 Å². The number of nitrogens with one attached hydrogen (secondary N) is 1. The highest BCUT2D eigenvalue weighted by Crippen LogP contribution is 2.37. The maximum atomic E-state index is 13.8. The Kier molecular flexibility index (Phi) is 5.31. The molecular formula is C24H23FN4O. The second-order valence-corrected chi connectivity index (χ2v) is 7.47. The normalized spacial score (nSPS) is 11.1. The summed E-state index contributed by atoms with van der Waals surface area (Å²) < 4.78 is 19.4. The Bertz CT molecular complexity index is 1220. The number of methoxy groups -OCH3 is 1. The maximum Gasteiger partial charge on any atom is 0.221 e.